The lowest BCUT2D eigenvalue weighted by atomic mass is 10.1. The van der Waals surface area contributed by atoms with Crippen LogP contribution in [0.5, 0.6) is 0 Å². The summed E-state index contributed by atoms with van der Waals surface area (Å²) in [6.07, 6.45) is -4.84. The molecule has 104 valence electrons. The molecule has 0 bridgehead atoms. The van der Waals surface area contributed by atoms with Gasteiger partial charge in [0.15, 0.2) is 5.71 Å². The van der Waals surface area contributed by atoms with Gasteiger partial charge in [-0.2, -0.15) is 21.6 Å². The Labute approximate surface area is 108 Å². The fourth-order valence-corrected chi connectivity index (χ4v) is 1.34. The fraction of sp³-hybridized carbons (Fsp3) is 0.182. The minimum Gasteiger partial charge on any atom is -0.265 e. The maximum absolute atomic E-state index is 12.8. The zero-order valence-electron chi connectivity index (χ0n) is 9.81. The van der Waals surface area contributed by atoms with Crippen LogP contribution in [0.25, 0.3) is 0 Å². The van der Waals surface area contributed by atoms with Crippen molar-refractivity contribution in [3.8, 4) is 0 Å². The topological polar surface area (TPSA) is 55.7 Å². The quantitative estimate of drug-likeness (QED) is 0.633. The van der Waals surface area contributed by atoms with Crippen molar-refractivity contribution in [1.29, 1.82) is 0 Å². The molecule has 0 aromatic heterocycles. The highest BCUT2D eigenvalue weighted by atomic mass is 32.2. The molecule has 0 aliphatic carbocycles. The van der Waals surface area contributed by atoms with Gasteiger partial charge in [0, 0.05) is 5.56 Å². The summed E-state index contributed by atoms with van der Waals surface area (Å²) in [5.74, 6) is 0. The van der Waals surface area contributed by atoms with Gasteiger partial charge in [-0.25, -0.2) is 0 Å². The summed E-state index contributed by atoms with van der Waals surface area (Å²) in [6, 6.07) is 5.23. The first-order chi connectivity index (χ1) is 8.65. The number of hydrogen-bond donors (Lipinski definition) is 0. The normalized spacial score (nSPS) is 13.2. The Morgan fingerprint density at radius 1 is 1.32 bits per heavy atom. The molecule has 8 heteroatoms. The molecule has 0 aliphatic rings. The van der Waals surface area contributed by atoms with Gasteiger partial charge >= 0.3 is 16.3 Å². The first-order valence-electron chi connectivity index (χ1n) is 4.94. The van der Waals surface area contributed by atoms with E-state index >= 15 is 0 Å². The number of oxime groups is 1. The van der Waals surface area contributed by atoms with Crippen LogP contribution in [0.4, 0.5) is 13.2 Å². The zero-order chi connectivity index (χ0) is 14.7. The van der Waals surface area contributed by atoms with E-state index in [1.54, 1.807) is 6.92 Å². The minimum absolute atomic E-state index is 0.294. The van der Waals surface area contributed by atoms with Crippen LogP contribution in [0, 0.1) is 6.92 Å². The molecule has 0 saturated heterocycles. The molecule has 0 N–H and O–H groups in total. The van der Waals surface area contributed by atoms with Crippen molar-refractivity contribution in [1.82, 2.24) is 0 Å². The summed E-state index contributed by atoms with van der Waals surface area (Å²) < 4.78 is 63.9. The zero-order valence-corrected chi connectivity index (χ0v) is 10.6. The lowest BCUT2D eigenvalue weighted by Gasteiger charge is -2.09. The Hall–Kier alpha value is -1.83. The second kappa shape index (κ2) is 5.43. The predicted molar refractivity (Wildman–Crippen MR) is 64.0 cm³/mol. The van der Waals surface area contributed by atoms with Gasteiger partial charge in [-0.05, 0) is 6.92 Å². The molecule has 0 saturated carbocycles. The molecule has 0 amide bonds. The van der Waals surface area contributed by atoms with E-state index in [4.69, 9.17) is 0 Å². The van der Waals surface area contributed by atoms with E-state index in [0.717, 1.165) is 5.56 Å². The van der Waals surface area contributed by atoms with Crippen LogP contribution in [0.1, 0.15) is 11.1 Å². The van der Waals surface area contributed by atoms with Crippen molar-refractivity contribution in [2.45, 2.75) is 13.1 Å². The number of aryl methyl sites for hydroxylation is 1. The molecule has 0 heterocycles. The summed E-state index contributed by atoms with van der Waals surface area (Å²) in [5, 5.41) is 3.03. The highest BCUT2D eigenvalue weighted by molar-refractivity contribution is 7.89. The molecule has 0 aliphatic heterocycles. The molecule has 0 atom stereocenters. The van der Waals surface area contributed by atoms with Gasteiger partial charge in [0.1, 0.15) is 0 Å². The molecule has 19 heavy (non-hydrogen) atoms. The van der Waals surface area contributed by atoms with Gasteiger partial charge in [0.2, 0.25) is 0 Å². The highest BCUT2D eigenvalue weighted by Crippen LogP contribution is 2.23. The Bertz CT molecular complexity index is 589. The van der Waals surface area contributed by atoms with E-state index in [2.05, 4.69) is 16.0 Å². The first kappa shape index (κ1) is 15.2. The average Bonchev–Trinajstić information content (AvgIpc) is 2.30. The minimum atomic E-state index is -4.84. The fourth-order valence-electron chi connectivity index (χ4n) is 1.10. The van der Waals surface area contributed by atoms with Gasteiger partial charge < -0.3 is 0 Å². The van der Waals surface area contributed by atoms with Gasteiger partial charge in [0.25, 0.3) is 0 Å². The van der Waals surface area contributed by atoms with Crippen molar-refractivity contribution >= 4 is 15.8 Å². The van der Waals surface area contributed by atoms with E-state index in [-0.39, 0.29) is 5.56 Å². The largest absolute Gasteiger partial charge is 0.437 e. The number of benzene rings is 1. The molecule has 4 nitrogen and oxygen atoms in total. The molecule has 0 fully saturated rings. The van der Waals surface area contributed by atoms with Crippen molar-refractivity contribution in [2.24, 2.45) is 5.16 Å². The smallest absolute Gasteiger partial charge is 0.265 e. The summed E-state index contributed by atoms with van der Waals surface area (Å²) in [7, 11) is -4.31. The molecular weight excluding hydrogens is 283 g/mol. The van der Waals surface area contributed by atoms with Gasteiger partial charge in [0.05, 0.1) is 5.41 Å². The molecule has 1 rings (SSSR count). The van der Waals surface area contributed by atoms with Crippen molar-refractivity contribution in [3.63, 3.8) is 0 Å². The van der Waals surface area contributed by atoms with Crippen LogP contribution in [-0.2, 0) is 14.4 Å². The predicted octanol–water partition coefficient (Wildman–Crippen LogP) is 2.75. The molecule has 0 unspecified atom stereocenters. The number of rotatable bonds is 4. The molecular formula is C11H10F3NO3S. The number of alkyl halides is 3. The monoisotopic (exact) mass is 293 g/mol. The summed E-state index contributed by atoms with van der Waals surface area (Å²) >= 11 is 0. The third-order valence-electron chi connectivity index (χ3n) is 2.03. The van der Waals surface area contributed by atoms with Gasteiger partial charge in [-0.3, -0.25) is 4.28 Å². The van der Waals surface area contributed by atoms with Crippen LogP contribution in [0.3, 0.4) is 0 Å². The Kier molecular flexibility index (Phi) is 4.35. The molecule has 1 aromatic rings. The summed E-state index contributed by atoms with van der Waals surface area (Å²) in [4.78, 5) is 0. The van der Waals surface area contributed by atoms with Crippen molar-refractivity contribution < 1.29 is 25.9 Å². The Morgan fingerprint density at radius 3 is 2.26 bits per heavy atom. The average molecular weight is 293 g/mol. The van der Waals surface area contributed by atoms with Gasteiger partial charge in [-0.1, -0.05) is 41.6 Å². The molecule has 1 aromatic carbocycles. The van der Waals surface area contributed by atoms with Gasteiger partial charge in [-0.15, -0.1) is 0 Å². The molecule has 0 spiro atoms. The summed E-state index contributed by atoms with van der Waals surface area (Å²) in [5.41, 5.74) is -0.972. The van der Waals surface area contributed by atoms with Crippen molar-refractivity contribution in [3.05, 3.63) is 47.4 Å². The van der Waals surface area contributed by atoms with E-state index in [1.807, 2.05) is 0 Å². The second-order valence-electron chi connectivity index (χ2n) is 3.54. The SMILES string of the molecule is C=CS(=O)(=O)O/N=C(\c1ccc(C)cc1)C(F)(F)F. The van der Waals surface area contributed by atoms with E-state index in [1.165, 1.54) is 24.3 Å². The Balaban J connectivity index is 3.20. The summed E-state index contributed by atoms with van der Waals surface area (Å²) in [6.45, 7) is 4.59. The Morgan fingerprint density at radius 2 is 1.84 bits per heavy atom. The maximum atomic E-state index is 12.8. The third kappa shape index (κ3) is 4.40. The van der Waals surface area contributed by atoms with E-state index in [9.17, 15) is 21.6 Å². The standard InChI is InChI=1S/C11H10F3NO3S/c1-3-19(16,17)18-15-10(11(12,13)14)9-6-4-8(2)5-7-9/h3-7H,1H2,2H3/b15-10+. The maximum Gasteiger partial charge on any atom is 0.437 e. The number of halogens is 3. The van der Waals surface area contributed by atoms with E-state index < -0.39 is 22.0 Å². The third-order valence-corrected chi connectivity index (χ3v) is 2.72. The van der Waals surface area contributed by atoms with Crippen LogP contribution < -0.4 is 0 Å². The molecule has 0 radical (unpaired) electrons. The lowest BCUT2D eigenvalue weighted by Crippen LogP contribution is -2.24. The second-order valence-corrected chi connectivity index (χ2v) is 5.01. The van der Waals surface area contributed by atoms with E-state index in [0.29, 0.717) is 5.41 Å². The lowest BCUT2D eigenvalue weighted by molar-refractivity contribution is -0.0596. The highest BCUT2D eigenvalue weighted by Gasteiger charge is 2.38. The van der Waals surface area contributed by atoms with Crippen LogP contribution >= 0.6 is 0 Å². The first-order valence-corrected chi connectivity index (χ1v) is 6.41. The van der Waals surface area contributed by atoms with Crippen molar-refractivity contribution in [2.75, 3.05) is 0 Å². The van der Waals surface area contributed by atoms with Crippen LogP contribution in [-0.4, -0.2) is 20.3 Å². The van der Waals surface area contributed by atoms with Crippen LogP contribution in [0.15, 0.2) is 41.4 Å². The number of nitrogens with zero attached hydrogens (tertiary/aromatic N) is 1. The number of hydrogen-bond acceptors (Lipinski definition) is 4. The van der Waals surface area contributed by atoms with Crippen LogP contribution in [0.2, 0.25) is 0 Å².